The molecule has 9 nitrogen and oxygen atoms in total. The van der Waals surface area contributed by atoms with Crippen molar-refractivity contribution >= 4 is 29.3 Å². The summed E-state index contributed by atoms with van der Waals surface area (Å²) in [7, 11) is 0. The molecule has 1 heterocycles. The lowest BCUT2D eigenvalue weighted by Crippen LogP contribution is -2.54. The number of nitrogens with one attached hydrogen (secondary N) is 1. The smallest absolute Gasteiger partial charge is 0.330 e. The van der Waals surface area contributed by atoms with E-state index in [0.717, 1.165) is 12.2 Å². The first-order chi connectivity index (χ1) is 21.1. The Bertz CT molecular complexity index is 1510. The van der Waals surface area contributed by atoms with Crippen LogP contribution in [0.5, 0.6) is 5.75 Å². The van der Waals surface area contributed by atoms with E-state index in [0.29, 0.717) is 24.3 Å². The summed E-state index contributed by atoms with van der Waals surface area (Å²) in [6, 6.07) is 16.1. The number of carbonyl (C=O) groups is 4. The Labute approximate surface area is 249 Å². The predicted molar refractivity (Wildman–Crippen MR) is 149 cm³/mol. The zero-order valence-electron chi connectivity index (χ0n) is 23.2. The number of benzene rings is 3. The van der Waals surface area contributed by atoms with E-state index in [1.807, 2.05) is 6.07 Å². The number of ketones is 1. The molecule has 1 unspecified atom stereocenters. The van der Waals surface area contributed by atoms with Crippen molar-refractivity contribution in [3.63, 3.8) is 0 Å². The van der Waals surface area contributed by atoms with Crippen molar-refractivity contribution < 1.29 is 46.2 Å². The van der Waals surface area contributed by atoms with Crippen LogP contribution in [-0.4, -0.2) is 67.3 Å². The highest BCUT2D eigenvalue weighted by Crippen LogP contribution is 2.26. The number of para-hydroxylation sites is 1. The maximum Gasteiger partial charge on any atom is 0.330 e. The number of piperazine rings is 1. The van der Waals surface area contributed by atoms with Gasteiger partial charge in [0.1, 0.15) is 19.3 Å². The third-order valence-corrected chi connectivity index (χ3v) is 6.48. The molecule has 3 aromatic rings. The topological polar surface area (TPSA) is 105 Å². The Morgan fingerprint density at radius 3 is 2.18 bits per heavy atom. The second-order valence-electron chi connectivity index (χ2n) is 9.64. The molecule has 1 atom stereocenters. The molecule has 1 saturated heterocycles. The zero-order valence-corrected chi connectivity index (χ0v) is 23.2. The molecule has 1 N–H and O–H groups in total. The molecule has 1 fully saturated rings. The van der Waals surface area contributed by atoms with Gasteiger partial charge in [-0.3, -0.25) is 19.3 Å². The highest BCUT2D eigenvalue weighted by Gasteiger charge is 2.28. The molecule has 230 valence electrons. The third kappa shape index (κ3) is 8.51. The highest BCUT2D eigenvalue weighted by atomic mass is 19.2. The van der Waals surface area contributed by atoms with Crippen molar-refractivity contribution in [3.05, 3.63) is 108 Å². The Balaban J connectivity index is 1.41. The van der Waals surface area contributed by atoms with Gasteiger partial charge in [0, 0.05) is 30.9 Å². The molecule has 1 aliphatic heterocycles. The normalized spacial score (nSPS) is 14.4. The zero-order chi connectivity index (χ0) is 31.6. The average Bonchev–Trinajstić information content (AvgIpc) is 3.02. The average molecular weight is 614 g/mol. The fourth-order valence-corrected chi connectivity index (χ4v) is 4.26. The molecule has 0 saturated carbocycles. The Kier molecular flexibility index (Phi) is 10.8. The molecule has 0 bridgehead atoms. The maximum absolute atomic E-state index is 14.0. The van der Waals surface area contributed by atoms with Gasteiger partial charge in [0.2, 0.25) is 23.4 Å². The number of Topliss-reactive ketones (excluding diaryl/α,β-unsaturated/α-hetero) is 1. The van der Waals surface area contributed by atoms with Gasteiger partial charge in [0.15, 0.2) is 23.2 Å². The van der Waals surface area contributed by atoms with Gasteiger partial charge < -0.3 is 19.7 Å². The first kappa shape index (κ1) is 31.9. The summed E-state index contributed by atoms with van der Waals surface area (Å²) in [4.78, 5) is 53.9. The van der Waals surface area contributed by atoms with Crippen molar-refractivity contribution in [1.82, 2.24) is 10.2 Å². The molecule has 44 heavy (non-hydrogen) atoms. The Morgan fingerprint density at radius 2 is 1.55 bits per heavy atom. The summed E-state index contributed by atoms with van der Waals surface area (Å²) in [5.74, 6) is -11.5. The number of hydrogen-bond acceptors (Lipinski definition) is 7. The molecule has 13 heteroatoms. The molecule has 0 spiro atoms. The predicted octanol–water partition coefficient (Wildman–Crippen LogP) is 3.32. The number of carbonyl (C=O) groups excluding carboxylic acids is 4. The minimum absolute atomic E-state index is 0.0173. The second-order valence-corrected chi connectivity index (χ2v) is 9.64. The molecule has 1 aliphatic rings. The number of nitrogens with zero attached hydrogens (tertiary/aromatic N) is 2. The van der Waals surface area contributed by atoms with E-state index in [2.05, 4.69) is 5.32 Å². The summed E-state index contributed by atoms with van der Waals surface area (Å²) >= 11 is 0. The minimum atomic E-state index is -1.85. The maximum atomic E-state index is 14.0. The quantitative estimate of drug-likeness (QED) is 0.145. The van der Waals surface area contributed by atoms with Crippen LogP contribution in [0.4, 0.5) is 23.2 Å². The first-order valence-corrected chi connectivity index (χ1v) is 13.4. The third-order valence-electron chi connectivity index (χ3n) is 6.48. The summed E-state index contributed by atoms with van der Waals surface area (Å²) in [6.07, 6.45) is 1.85. The van der Waals surface area contributed by atoms with Gasteiger partial charge in [0.25, 0.3) is 0 Å². The van der Waals surface area contributed by atoms with E-state index in [1.165, 1.54) is 0 Å². The molecule has 2 amide bonds. The van der Waals surface area contributed by atoms with Gasteiger partial charge in [0.05, 0.1) is 13.1 Å². The number of amides is 2. The van der Waals surface area contributed by atoms with Crippen molar-refractivity contribution in [2.24, 2.45) is 0 Å². The number of rotatable bonds is 12. The van der Waals surface area contributed by atoms with Gasteiger partial charge in [-0.2, -0.15) is 8.78 Å². The van der Waals surface area contributed by atoms with Crippen LogP contribution in [0, 0.1) is 23.3 Å². The Morgan fingerprint density at radius 1 is 0.909 bits per heavy atom. The molecular formula is C31H27F4N3O6. The summed E-state index contributed by atoms with van der Waals surface area (Å²) < 4.78 is 65.0. The standard InChI is InChI=1S/C31H27F4N3O6/c32-22-15-23(33)30(35)31(29(22)34)44-19-25(39)24(11-12-28(42)43-18-20-7-3-1-4-8-20)36-26(40)16-37-13-14-38(27(41)17-37)21-9-5-2-6-10-21/h1-12,15,24H,13-14,16-19H2,(H,36,40)/b12-11+. The molecule has 4 rings (SSSR count). The van der Waals surface area contributed by atoms with Crippen molar-refractivity contribution in [3.8, 4) is 5.75 Å². The van der Waals surface area contributed by atoms with Crippen LogP contribution < -0.4 is 15.0 Å². The fourth-order valence-electron chi connectivity index (χ4n) is 4.26. The van der Waals surface area contributed by atoms with Gasteiger partial charge >= 0.3 is 5.97 Å². The van der Waals surface area contributed by atoms with Gasteiger partial charge in [-0.25, -0.2) is 13.6 Å². The van der Waals surface area contributed by atoms with E-state index < -0.39 is 59.3 Å². The summed E-state index contributed by atoms with van der Waals surface area (Å²) in [5, 5.41) is 2.37. The number of halogens is 4. The molecule has 0 aromatic heterocycles. The van der Waals surface area contributed by atoms with Gasteiger partial charge in [-0.15, -0.1) is 0 Å². The van der Waals surface area contributed by atoms with Crippen molar-refractivity contribution in [2.45, 2.75) is 12.6 Å². The van der Waals surface area contributed by atoms with Crippen LogP contribution in [0.3, 0.4) is 0 Å². The van der Waals surface area contributed by atoms with E-state index in [4.69, 9.17) is 9.47 Å². The van der Waals surface area contributed by atoms with E-state index in [-0.39, 0.29) is 31.7 Å². The Hall–Kier alpha value is -5.04. The lowest BCUT2D eigenvalue weighted by Gasteiger charge is -2.34. The minimum Gasteiger partial charge on any atom is -0.479 e. The molecule has 0 radical (unpaired) electrons. The van der Waals surface area contributed by atoms with Gasteiger partial charge in [-0.05, 0) is 23.8 Å². The van der Waals surface area contributed by atoms with Gasteiger partial charge in [-0.1, -0.05) is 48.5 Å². The number of ether oxygens (including phenoxy) is 2. The monoisotopic (exact) mass is 613 g/mol. The largest absolute Gasteiger partial charge is 0.479 e. The van der Waals surface area contributed by atoms with E-state index in [9.17, 15) is 36.7 Å². The summed E-state index contributed by atoms with van der Waals surface area (Å²) in [6.45, 7) is -0.953. The summed E-state index contributed by atoms with van der Waals surface area (Å²) in [5.41, 5.74) is 1.40. The highest BCUT2D eigenvalue weighted by molar-refractivity contribution is 5.96. The van der Waals surface area contributed by atoms with Crippen molar-refractivity contribution in [1.29, 1.82) is 0 Å². The fraction of sp³-hybridized carbons (Fsp3) is 0.226. The molecule has 0 aliphatic carbocycles. The number of hydrogen-bond donors (Lipinski definition) is 1. The van der Waals surface area contributed by atoms with Crippen LogP contribution in [0.1, 0.15) is 5.56 Å². The first-order valence-electron chi connectivity index (χ1n) is 13.4. The molecular weight excluding hydrogens is 586 g/mol. The lowest BCUT2D eigenvalue weighted by molar-refractivity contribution is -0.139. The lowest BCUT2D eigenvalue weighted by atomic mass is 10.1. The van der Waals surface area contributed by atoms with Crippen LogP contribution in [0.2, 0.25) is 0 Å². The van der Waals surface area contributed by atoms with Crippen LogP contribution >= 0.6 is 0 Å². The number of esters is 1. The van der Waals surface area contributed by atoms with E-state index >= 15 is 0 Å². The SMILES string of the molecule is O=C(CN1CCN(c2ccccc2)C(=O)C1)NC(/C=C/C(=O)OCc1ccccc1)C(=O)COc1c(F)c(F)cc(F)c1F. The van der Waals surface area contributed by atoms with E-state index in [1.54, 1.807) is 64.4 Å². The molecule has 3 aromatic carbocycles. The second kappa shape index (κ2) is 14.9. The van der Waals surface area contributed by atoms with Crippen LogP contribution in [-0.2, 0) is 30.5 Å². The van der Waals surface area contributed by atoms with Crippen LogP contribution in [0.25, 0.3) is 0 Å². The van der Waals surface area contributed by atoms with Crippen molar-refractivity contribution in [2.75, 3.05) is 37.7 Å². The number of anilines is 1. The van der Waals surface area contributed by atoms with Crippen LogP contribution in [0.15, 0.2) is 78.9 Å².